The number of likely N-dealkylation sites (tertiary alicyclic amines) is 1. The van der Waals surface area contributed by atoms with Gasteiger partial charge in [-0.25, -0.2) is 0 Å². The fraction of sp³-hybridized carbons (Fsp3) is 0.385. The molecule has 2 N–H and O–H groups in total. The summed E-state index contributed by atoms with van der Waals surface area (Å²) in [5.41, 5.74) is 8.33. The van der Waals surface area contributed by atoms with Crippen molar-refractivity contribution in [2.24, 2.45) is 0 Å². The molecule has 0 aromatic carbocycles. The smallest absolute Gasteiger partial charge is 0.266 e. The lowest BCUT2D eigenvalue weighted by molar-refractivity contribution is 0.0798. The van der Waals surface area contributed by atoms with E-state index in [2.05, 4.69) is 15.3 Å². The van der Waals surface area contributed by atoms with E-state index in [0.29, 0.717) is 16.2 Å². The van der Waals surface area contributed by atoms with Crippen molar-refractivity contribution in [2.45, 2.75) is 19.8 Å². The number of rotatable bonds is 1. The van der Waals surface area contributed by atoms with Crippen molar-refractivity contribution in [3.63, 3.8) is 0 Å². The maximum absolute atomic E-state index is 12.6. The summed E-state index contributed by atoms with van der Waals surface area (Å²) in [4.78, 5) is 15.8. The summed E-state index contributed by atoms with van der Waals surface area (Å²) < 4.78 is 1.62. The molecule has 0 atom stereocenters. The first-order chi connectivity index (χ1) is 10.2. The largest absolute Gasteiger partial charge is 0.397 e. The second kappa shape index (κ2) is 4.39. The highest BCUT2D eigenvalue weighted by Gasteiger charge is 2.26. The normalized spacial score (nSPS) is 15.4. The van der Waals surface area contributed by atoms with Crippen LogP contribution in [0.3, 0.4) is 0 Å². The Hall–Kier alpha value is -2.22. The Morgan fingerprint density at radius 2 is 2.14 bits per heavy atom. The van der Waals surface area contributed by atoms with Crippen LogP contribution in [0.25, 0.3) is 15.9 Å². The molecule has 1 fully saturated rings. The number of nitrogen functional groups attached to an aromatic ring is 1. The third kappa shape index (κ3) is 1.72. The number of amides is 1. The summed E-state index contributed by atoms with van der Waals surface area (Å²) in [6.45, 7) is 3.56. The molecule has 4 heterocycles. The molecule has 4 rings (SSSR count). The number of aromatic nitrogens is 4. The number of hydrogen-bond donors (Lipinski definition) is 1. The molecule has 21 heavy (non-hydrogen) atoms. The number of hydrogen-bond acceptors (Lipinski definition) is 6. The predicted molar refractivity (Wildman–Crippen MR) is 80.5 cm³/mol. The van der Waals surface area contributed by atoms with Gasteiger partial charge in [0.1, 0.15) is 16.0 Å². The number of anilines is 1. The van der Waals surface area contributed by atoms with E-state index >= 15 is 0 Å². The summed E-state index contributed by atoms with van der Waals surface area (Å²) in [5.74, 6) is 0.0168. The summed E-state index contributed by atoms with van der Waals surface area (Å²) in [5, 5.41) is 13.2. The van der Waals surface area contributed by atoms with Gasteiger partial charge in [-0.2, -0.15) is 9.61 Å². The molecule has 108 valence electrons. The highest BCUT2D eigenvalue weighted by Crippen LogP contribution is 2.36. The molecule has 0 saturated carbocycles. The van der Waals surface area contributed by atoms with Crippen LogP contribution in [0.1, 0.15) is 28.1 Å². The minimum Gasteiger partial charge on any atom is -0.397 e. The van der Waals surface area contributed by atoms with Gasteiger partial charge in [0.25, 0.3) is 5.91 Å². The number of carbonyl (C=O) groups is 1. The van der Waals surface area contributed by atoms with Crippen molar-refractivity contribution in [3.05, 3.63) is 16.8 Å². The van der Waals surface area contributed by atoms with Crippen LogP contribution in [0, 0.1) is 6.92 Å². The van der Waals surface area contributed by atoms with Crippen LogP contribution < -0.4 is 5.73 Å². The van der Waals surface area contributed by atoms with Crippen molar-refractivity contribution < 1.29 is 4.79 Å². The first-order valence-corrected chi connectivity index (χ1v) is 7.66. The lowest BCUT2D eigenvalue weighted by Crippen LogP contribution is -2.27. The van der Waals surface area contributed by atoms with Gasteiger partial charge in [-0.05, 0) is 19.8 Å². The summed E-state index contributed by atoms with van der Waals surface area (Å²) in [7, 11) is 0. The molecule has 1 saturated heterocycles. The first-order valence-electron chi connectivity index (χ1n) is 6.84. The molecule has 3 aromatic heterocycles. The average molecular weight is 302 g/mol. The Labute approximate surface area is 124 Å². The Kier molecular flexibility index (Phi) is 2.61. The van der Waals surface area contributed by atoms with Crippen LogP contribution in [0.2, 0.25) is 0 Å². The zero-order valence-corrected chi connectivity index (χ0v) is 12.4. The van der Waals surface area contributed by atoms with E-state index in [-0.39, 0.29) is 5.91 Å². The monoisotopic (exact) mass is 302 g/mol. The zero-order valence-electron chi connectivity index (χ0n) is 11.5. The SMILES string of the molecule is Cc1c2c(N)c(C(=O)N3CCCC3)sc2nn2cnnc12. The molecule has 0 radical (unpaired) electrons. The number of fused-ring (bicyclic) bond motifs is 2. The molecule has 1 aliphatic heterocycles. The lowest BCUT2D eigenvalue weighted by Gasteiger charge is -2.14. The first kappa shape index (κ1) is 12.5. The molecule has 0 spiro atoms. The van der Waals surface area contributed by atoms with Gasteiger partial charge in [-0.15, -0.1) is 21.5 Å². The highest BCUT2D eigenvalue weighted by atomic mass is 32.1. The fourth-order valence-electron chi connectivity index (χ4n) is 2.85. The molecule has 1 amide bonds. The summed E-state index contributed by atoms with van der Waals surface area (Å²) in [6, 6.07) is 0. The fourth-order valence-corrected chi connectivity index (χ4v) is 3.96. The van der Waals surface area contributed by atoms with E-state index in [4.69, 9.17) is 5.73 Å². The quantitative estimate of drug-likeness (QED) is 0.735. The summed E-state index contributed by atoms with van der Waals surface area (Å²) >= 11 is 1.35. The number of thiophene rings is 1. The topological polar surface area (TPSA) is 89.4 Å². The Morgan fingerprint density at radius 1 is 1.38 bits per heavy atom. The third-order valence-electron chi connectivity index (χ3n) is 3.95. The van der Waals surface area contributed by atoms with Gasteiger partial charge in [0.05, 0.1) is 5.69 Å². The molecular weight excluding hydrogens is 288 g/mol. The van der Waals surface area contributed by atoms with Crippen molar-refractivity contribution in [3.8, 4) is 0 Å². The summed E-state index contributed by atoms with van der Waals surface area (Å²) in [6.07, 6.45) is 3.68. The molecule has 1 aliphatic rings. The average Bonchev–Trinajstić information content (AvgIpc) is 3.17. The van der Waals surface area contributed by atoms with Gasteiger partial charge in [0, 0.05) is 24.0 Å². The maximum Gasteiger partial charge on any atom is 0.266 e. The van der Waals surface area contributed by atoms with Gasteiger partial charge >= 0.3 is 0 Å². The Morgan fingerprint density at radius 3 is 2.90 bits per heavy atom. The highest BCUT2D eigenvalue weighted by molar-refractivity contribution is 7.21. The van der Waals surface area contributed by atoms with E-state index in [0.717, 1.165) is 41.7 Å². The predicted octanol–water partition coefficient (Wildman–Crippen LogP) is 1.47. The van der Waals surface area contributed by atoms with Gasteiger partial charge in [0.2, 0.25) is 0 Å². The molecule has 8 heteroatoms. The van der Waals surface area contributed by atoms with Crippen molar-refractivity contribution in [1.82, 2.24) is 24.7 Å². The van der Waals surface area contributed by atoms with Gasteiger partial charge in [-0.1, -0.05) is 0 Å². The lowest BCUT2D eigenvalue weighted by atomic mass is 10.2. The van der Waals surface area contributed by atoms with Crippen LogP contribution in [-0.2, 0) is 0 Å². The van der Waals surface area contributed by atoms with Gasteiger partial charge in [-0.3, -0.25) is 4.79 Å². The maximum atomic E-state index is 12.6. The van der Waals surface area contributed by atoms with Crippen LogP contribution in [0.4, 0.5) is 5.69 Å². The Balaban J connectivity index is 1.93. The minimum absolute atomic E-state index is 0.0168. The van der Waals surface area contributed by atoms with E-state index < -0.39 is 0 Å². The second-order valence-corrected chi connectivity index (χ2v) is 6.25. The second-order valence-electron chi connectivity index (χ2n) is 5.25. The molecule has 7 nitrogen and oxygen atoms in total. The van der Waals surface area contributed by atoms with Crippen LogP contribution in [0.5, 0.6) is 0 Å². The van der Waals surface area contributed by atoms with Gasteiger partial charge in [0.15, 0.2) is 5.65 Å². The van der Waals surface area contributed by atoms with Crippen LogP contribution in [0.15, 0.2) is 6.33 Å². The van der Waals surface area contributed by atoms with Crippen molar-refractivity contribution >= 4 is 38.8 Å². The molecule has 0 unspecified atom stereocenters. The van der Waals surface area contributed by atoms with E-state index in [9.17, 15) is 4.79 Å². The zero-order chi connectivity index (χ0) is 14.6. The third-order valence-corrected chi connectivity index (χ3v) is 5.03. The van der Waals surface area contributed by atoms with Crippen LogP contribution >= 0.6 is 11.3 Å². The molecular formula is C13H14N6OS. The number of nitrogens with zero attached hydrogens (tertiary/aromatic N) is 5. The number of carbonyl (C=O) groups excluding carboxylic acids is 1. The van der Waals surface area contributed by atoms with Crippen LogP contribution in [-0.4, -0.2) is 43.7 Å². The van der Waals surface area contributed by atoms with E-state index in [1.54, 1.807) is 10.8 Å². The van der Waals surface area contributed by atoms with Crippen molar-refractivity contribution in [1.29, 1.82) is 0 Å². The van der Waals surface area contributed by atoms with E-state index in [1.165, 1.54) is 11.3 Å². The van der Waals surface area contributed by atoms with Crippen molar-refractivity contribution in [2.75, 3.05) is 18.8 Å². The van der Waals surface area contributed by atoms with E-state index in [1.807, 2.05) is 11.8 Å². The minimum atomic E-state index is 0.0168. The molecule has 3 aromatic rings. The number of aryl methyl sites for hydroxylation is 1. The standard InChI is InChI=1S/C13H14N6OS/c1-7-8-9(14)10(13(20)18-4-2-3-5-18)21-12(8)17-19-6-15-16-11(7)19/h6H,2-5,14H2,1H3. The Bertz CT molecular complexity index is 860. The molecule has 0 aliphatic carbocycles. The molecule has 0 bridgehead atoms. The van der Waals surface area contributed by atoms with Gasteiger partial charge < -0.3 is 10.6 Å². The number of nitrogens with two attached hydrogens (primary N) is 1.